The Morgan fingerprint density at radius 2 is 1.85 bits per heavy atom. The Morgan fingerprint density at radius 3 is 2.62 bits per heavy atom. The number of para-hydroxylation sites is 1. The standard InChI is InChI=1S/C20H21N3O3/c1-14(15-8-4-3-5-9-15)13-21-19(24)20-23-22-18(26-20)12-16-10-6-7-11-17(16)25-2/h3-11,14H,12-13H2,1-2H3,(H,21,24). The topological polar surface area (TPSA) is 77.2 Å². The van der Waals surface area contributed by atoms with Crippen LogP contribution in [0.2, 0.25) is 0 Å². The second-order valence-electron chi connectivity index (χ2n) is 6.01. The summed E-state index contributed by atoms with van der Waals surface area (Å²) < 4.78 is 10.8. The average Bonchev–Trinajstić information content (AvgIpc) is 3.15. The molecule has 26 heavy (non-hydrogen) atoms. The molecule has 0 fully saturated rings. The van der Waals surface area contributed by atoms with Gasteiger partial charge >= 0.3 is 11.8 Å². The molecule has 1 N–H and O–H groups in total. The highest BCUT2D eigenvalue weighted by atomic mass is 16.5. The lowest BCUT2D eigenvalue weighted by atomic mass is 10.0. The van der Waals surface area contributed by atoms with Gasteiger partial charge in [-0.05, 0) is 17.5 Å². The van der Waals surface area contributed by atoms with E-state index in [9.17, 15) is 4.79 Å². The number of methoxy groups -OCH3 is 1. The van der Waals surface area contributed by atoms with E-state index >= 15 is 0 Å². The van der Waals surface area contributed by atoms with Crippen LogP contribution in [-0.4, -0.2) is 29.8 Å². The largest absolute Gasteiger partial charge is 0.496 e. The third kappa shape index (κ3) is 4.27. The van der Waals surface area contributed by atoms with Gasteiger partial charge in [0.25, 0.3) is 0 Å². The molecule has 6 heteroatoms. The molecule has 0 spiro atoms. The van der Waals surface area contributed by atoms with E-state index in [1.807, 2.05) is 54.6 Å². The van der Waals surface area contributed by atoms with Crippen LogP contribution in [0.4, 0.5) is 0 Å². The number of hydrogen-bond donors (Lipinski definition) is 1. The van der Waals surface area contributed by atoms with E-state index in [-0.39, 0.29) is 17.7 Å². The van der Waals surface area contributed by atoms with Gasteiger partial charge in [-0.3, -0.25) is 4.79 Å². The molecule has 3 aromatic rings. The molecule has 0 saturated carbocycles. The van der Waals surface area contributed by atoms with Gasteiger partial charge < -0.3 is 14.5 Å². The number of rotatable bonds is 7. The van der Waals surface area contributed by atoms with Crippen LogP contribution in [0.5, 0.6) is 5.75 Å². The summed E-state index contributed by atoms with van der Waals surface area (Å²) in [4.78, 5) is 12.2. The van der Waals surface area contributed by atoms with Gasteiger partial charge in [0, 0.05) is 12.1 Å². The maximum atomic E-state index is 12.2. The number of aromatic nitrogens is 2. The fourth-order valence-corrected chi connectivity index (χ4v) is 2.65. The van der Waals surface area contributed by atoms with E-state index in [4.69, 9.17) is 9.15 Å². The molecule has 0 aliphatic carbocycles. The molecule has 0 aliphatic heterocycles. The van der Waals surface area contributed by atoms with E-state index in [1.54, 1.807) is 7.11 Å². The first kappa shape index (κ1) is 17.7. The van der Waals surface area contributed by atoms with E-state index in [0.29, 0.717) is 18.9 Å². The Kier molecular flexibility index (Phi) is 5.63. The van der Waals surface area contributed by atoms with Crippen molar-refractivity contribution in [2.24, 2.45) is 0 Å². The molecule has 3 rings (SSSR count). The van der Waals surface area contributed by atoms with E-state index in [2.05, 4.69) is 22.4 Å². The fourth-order valence-electron chi connectivity index (χ4n) is 2.65. The van der Waals surface area contributed by atoms with Crippen LogP contribution >= 0.6 is 0 Å². The fraction of sp³-hybridized carbons (Fsp3) is 0.250. The first-order valence-electron chi connectivity index (χ1n) is 8.44. The zero-order valence-corrected chi connectivity index (χ0v) is 14.8. The Balaban J connectivity index is 1.59. The molecule has 2 aromatic carbocycles. The number of carbonyl (C=O) groups is 1. The van der Waals surface area contributed by atoms with Crippen LogP contribution in [0.15, 0.2) is 59.0 Å². The van der Waals surface area contributed by atoms with Crippen LogP contribution < -0.4 is 10.1 Å². The van der Waals surface area contributed by atoms with Gasteiger partial charge in [0.15, 0.2) is 0 Å². The van der Waals surface area contributed by atoms with Crippen molar-refractivity contribution in [3.05, 3.63) is 77.5 Å². The van der Waals surface area contributed by atoms with Gasteiger partial charge in [0.2, 0.25) is 5.89 Å². The molecule has 0 radical (unpaired) electrons. The van der Waals surface area contributed by atoms with Gasteiger partial charge in [-0.1, -0.05) is 55.5 Å². The Hall–Kier alpha value is -3.15. The lowest BCUT2D eigenvalue weighted by Crippen LogP contribution is -2.27. The molecule has 0 bridgehead atoms. The smallest absolute Gasteiger partial charge is 0.308 e. The Bertz CT molecular complexity index is 862. The molecule has 1 atom stereocenters. The maximum Gasteiger partial charge on any atom is 0.308 e. The Morgan fingerprint density at radius 1 is 1.12 bits per heavy atom. The second kappa shape index (κ2) is 8.29. The number of hydrogen-bond acceptors (Lipinski definition) is 5. The van der Waals surface area contributed by atoms with Gasteiger partial charge in [0.1, 0.15) is 5.75 Å². The van der Waals surface area contributed by atoms with Gasteiger partial charge in [0.05, 0.1) is 13.5 Å². The van der Waals surface area contributed by atoms with Crippen molar-refractivity contribution in [3.63, 3.8) is 0 Å². The summed E-state index contributed by atoms with van der Waals surface area (Å²) in [6, 6.07) is 17.6. The molecule has 1 amide bonds. The van der Waals surface area contributed by atoms with Crippen molar-refractivity contribution < 1.29 is 13.9 Å². The number of ether oxygens (including phenoxy) is 1. The van der Waals surface area contributed by atoms with Crippen molar-refractivity contribution in [1.82, 2.24) is 15.5 Å². The maximum absolute atomic E-state index is 12.2. The lowest BCUT2D eigenvalue weighted by molar-refractivity contribution is 0.0915. The van der Waals surface area contributed by atoms with Gasteiger partial charge in [-0.15, -0.1) is 10.2 Å². The van der Waals surface area contributed by atoms with Crippen LogP contribution in [-0.2, 0) is 6.42 Å². The van der Waals surface area contributed by atoms with Gasteiger partial charge in [-0.25, -0.2) is 0 Å². The minimum absolute atomic E-state index is 0.0323. The Labute approximate surface area is 152 Å². The minimum atomic E-state index is -0.369. The monoisotopic (exact) mass is 351 g/mol. The number of nitrogens with one attached hydrogen (secondary N) is 1. The second-order valence-corrected chi connectivity index (χ2v) is 6.01. The molecule has 1 unspecified atom stereocenters. The molecular weight excluding hydrogens is 330 g/mol. The number of benzene rings is 2. The summed E-state index contributed by atoms with van der Waals surface area (Å²) in [7, 11) is 1.61. The third-order valence-corrected chi connectivity index (χ3v) is 4.13. The minimum Gasteiger partial charge on any atom is -0.496 e. The van der Waals surface area contributed by atoms with Crippen molar-refractivity contribution in [2.75, 3.05) is 13.7 Å². The zero-order chi connectivity index (χ0) is 18.4. The lowest BCUT2D eigenvalue weighted by Gasteiger charge is -2.11. The van der Waals surface area contributed by atoms with Crippen LogP contribution in [0.3, 0.4) is 0 Å². The predicted octanol–water partition coefficient (Wildman–Crippen LogP) is 3.20. The van der Waals surface area contributed by atoms with E-state index < -0.39 is 0 Å². The normalized spacial score (nSPS) is 11.8. The molecule has 0 saturated heterocycles. The van der Waals surface area contributed by atoms with Crippen LogP contribution in [0.1, 0.15) is 40.5 Å². The van der Waals surface area contributed by atoms with Crippen molar-refractivity contribution in [3.8, 4) is 5.75 Å². The summed E-state index contributed by atoms with van der Waals surface area (Å²) in [5.41, 5.74) is 2.08. The quantitative estimate of drug-likeness (QED) is 0.707. The van der Waals surface area contributed by atoms with Crippen molar-refractivity contribution >= 4 is 5.91 Å². The predicted molar refractivity (Wildman–Crippen MR) is 97.3 cm³/mol. The van der Waals surface area contributed by atoms with Crippen molar-refractivity contribution in [2.45, 2.75) is 19.3 Å². The summed E-state index contributed by atoms with van der Waals surface area (Å²) in [6.07, 6.45) is 0.407. The zero-order valence-electron chi connectivity index (χ0n) is 14.8. The van der Waals surface area contributed by atoms with E-state index in [1.165, 1.54) is 0 Å². The first-order chi connectivity index (χ1) is 12.7. The van der Waals surface area contributed by atoms with Crippen LogP contribution in [0.25, 0.3) is 0 Å². The molecular formula is C20H21N3O3. The summed E-state index contributed by atoms with van der Waals surface area (Å²) in [5.74, 6) is 0.905. The van der Waals surface area contributed by atoms with Crippen molar-refractivity contribution in [1.29, 1.82) is 0 Å². The highest BCUT2D eigenvalue weighted by Gasteiger charge is 2.17. The molecule has 6 nitrogen and oxygen atoms in total. The molecule has 1 heterocycles. The molecule has 134 valence electrons. The van der Waals surface area contributed by atoms with Gasteiger partial charge in [-0.2, -0.15) is 0 Å². The number of amides is 1. The number of carbonyl (C=O) groups excluding carboxylic acids is 1. The summed E-state index contributed by atoms with van der Waals surface area (Å²) in [6.45, 7) is 2.55. The van der Waals surface area contributed by atoms with E-state index in [0.717, 1.165) is 16.9 Å². The summed E-state index contributed by atoms with van der Waals surface area (Å²) >= 11 is 0. The SMILES string of the molecule is COc1ccccc1Cc1nnc(C(=O)NCC(C)c2ccccc2)o1. The van der Waals surface area contributed by atoms with Crippen LogP contribution in [0, 0.1) is 0 Å². The highest BCUT2D eigenvalue weighted by molar-refractivity contribution is 5.89. The highest BCUT2D eigenvalue weighted by Crippen LogP contribution is 2.20. The molecule has 1 aromatic heterocycles. The first-order valence-corrected chi connectivity index (χ1v) is 8.44. The number of nitrogens with zero attached hydrogens (tertiary/aromatic N) is 2. The third-order valence-electron chi connectivity index (χ3n) is 4.13. The summed E-state index contributed by atoms with van der Waals surface area (Å²) in [5, 5.41) is 10.6. The molecule has 0 aliphatic rings. The average molecular weight is 351 g/mol.